The van der Waals surface area contributed by atoms with E-state index in [0.717, 1.165) is 13.0 Å². The summed E-state index contributed by atoms with van der Waals surface area (Å²) in [6, 6.07) is 10.4. The lowest BCUT2D eigenvalue weighted by atomic mass is 10.1. The van der Waals surface area contributed by atoms with Gasteiger partial charge in [-0.05, 0) is 25.5 Å². The lowest BCUT2D eigenvalue weighted by Crippen LogP contribution is -2.42. The van der Waals surface area contributed by atoms with Crippen molar-refractivity contribution < 1.29 is 4.79 Å². The molecule has 3 nitrogen and oxygen atoms in total. The highest BCUT2D eigenvalue weighted by atomic mass is 16.2. The number of hydrogen-bond acceptors (Lipinski definition) is 2. The Bertz CT molecular complexity index is 351. The smallest absolute Gasteiger partial charge is 0.237 e. The van der Waals surface area contributed by atoms with Gasteiger partial charge in [0.15, 0.2) is 0 Å². The molecule has 1 aromatic carbocycles. The summed E-state index contributed by atoms with van der Waals surface area (Å²) < 4.78 is 0. The molecule has 0 aliphatic carbocycles. The van der Waals surface area contributed by atoms with Crippen LogP contribution in [0.2, 0.25) is 0 Å². The molecular formula is C15H24N2O. The Hall–Kier alpha value is -1.35. The molecule has 0 saturated carbocycles. The fraction of sp³-hybridized carbons (Fsp3) is 0.533. The van der Waals surface area contributed by atoms with E-state index in [4.69, 9.17) is 0 Å². The molecule has 3 heteroatoms. The molecular weight excluding hydrogens is 224 g/mol. The van der Waals surface area contributed by atoms with Gasteiger partial charge in [-0.3, -0.25) is 4.79 Å². The molecule has 0 radical (unpaired) electrons. The third-order valence-electron chi connectivity index (χ3n) is 3.17. The fourth-order valence-corrected chi connectivity index (χ4v) is 1.82. The first-order valence-corrected chi connectivity index (χ1v) is 6.73. The molecule has 0 aromatic heterocycles. The van der Waals surface area contributed by atoms with Gasteiger partial charge < -0.3 is 10.2 Å². The second-order valence-electron chi connectivity index (χ2n) is 4.54. The Labute approximate surface area is 110 Å². The van der Waals surface area contributed by atoms with Crippen molar-refractivity contribution >= 4 is 5.91 Å². The minimum atomic E-state index is 0.176. The maximum Gasteiger partial charge on any atom is 0.237 e. The number of carbonyl (C=O) groups is 1. The SMILES string of the molecule is CCNCC(=O)N(Cc1ccccc1)C(C)CC. The second-order valence-corrected chi connectivity index (χ2v) is 4.54. The van der Waals surface area contributed by atoms with Gasteiger partial charge in [-0.15, -0.1) is 0 Å². The first kappa shape index (κ1) is 14.7. The zero-order valence-electron chi connectivity index (χ0n) is 11.6. The van der Waals surface area contributed by atoms with E-state index >= 15 is 0 Å². The van der Waals surface area contributed by atoms with Crippen molar-refractivity contribution in [1.82, 2.24) is 10.2 Å². The monoisotopic (exact) mass is 248 g/mol. The van der Waals surface area contributed by atoms with Gasteiger partial charge in [0, 0.05) is 12.6 Å². The van der Waals surface area contributed by atoms with Crippen LogP contribution in [0.5, 0.6) is 0 Å². The number of nitrogens with one attached hydrogen (secondary N) is 1. The van der Waals surface area contributed by atoms with Crippen LogP contribution in [0.4, 0.5) is 0 Å². The number of benzene rings is 1. The van der Waals surface area contributed by atoms with Crippen LogP contribution < -0.4 is 5.32 Å². The van der Waals surface area contributed by atoms with Gasteiger partial charge in [-0.2, -0.15) is 0 Å². The van der Waals surface area contributed by atoms with Crippen LogP contribution in [0.1, 0.15) is 32.8 Å². The molecule has 1 N–H and O–H groups in total. The van der Waals surface area contributed by atoms with Crippen LogP contribution >= 0.6 is 0 Å². The molecule has 1 rings (SSSR count). The third-order valence-corrected chi connectivity index (χ3v) is 3.17. The Balaban J connectivity index is 2.69. The highest BCUT2D eigenvalue weighted by Crippen LogP contribution is 2.10. The van der Waals surface area contributed by atoms with Gasteiger partial charge in [0.05, 0.1) is 6.54 Å². The minimum absolute atomic E-state index is 0.176. The number of likely N-dealkylation sites (N-methyl/N-ethyl adjacent to an activating group) is 1. The fourth-order valence-electron chi connectivity index (χ4n) is 1.82. The van der Waals surface area contributed by atoms with Crippen molar-refractivity contribution in [2.45, 2.75) is 39.8 Å². The summed E-state index contributed by atoms with van der Waals surface area (Å²) >= 11 is 0. The molecule has 1 amide bonds. The number of hydrogen-bond donors (Lipinski definition) is 1. The summed E-state index contributed by atoms with van der Waals surface area (Å²) in [5.41, 5.74) is 1.18. The third kappa shape index (κ3) is 4.49. The molecule has 100 valence electrons. The average molecular weight is 248 g/mol. The number of amides is 1. The molecule has 1 atom stereocenters. The van der Waals surface area contributed by atoms with Crippen LogP contribution in [-0.2, 0) is 11.3 Å². The Morgan fingerprint density at radius 3 is 2.50 bits per heavy atom. The van der Waals surface area contributed by atoms with Gasteiger partial charge in [0.25, 0.3) is 0 Å². The number of rotatable bonds is 7. The molecule has 18 heavy (non-hydrogen) atoms. The quantitative estimate of drug-likeness (QED) is 0.803. The van der Waals surface area contributed by atoms with Crippen molar-refractivity contribution in [3.63, 3.8) is 0 Å². The van der Waals surface area contributed by atoms with E-state index in [1.807, 2.05) is 30.0 Å². The Morgan fingerprint density at radius 2 is 1.94 bits per heavy atom. The summed E-state index contributed by atoms with van der Waals surface area (Å²) in [7, 11) is 0. The minimum Gasteiger partial charge on any atom is -0.335 e. The zero-order valence-corrected chi connectivity index (χ0v) is 11.6. The summed E-state index contributed by atoms with van der Waals surface area (Å²) in [4.78, 5) is 14.1. The molecule has 0 spiro atoms. The highest BCUT2D eigenvalue weighted by molar-refractivity contribution is 5.78. The van der Waals surface area contributed by atoms with Crippen molar-refractivity contribution in [2.24, 2.45) is 0 Å². The van der Waals surface area contributed by atoms with E-state index in [9.17, 15) is 4.79 Å². The van der Waals surface area contributed by atoms with Crippen molar-refractivity contribution in [2.75, 3.05) is 13.1 Å². The first-order valence-electron chi connectivity index (χ1n) is 6.73. The van der Waals surface area contributed by atoms with Crippen LogP contribution in [0.3, 0.4) is 0 Å². The van der Waals surface area contributed by atoms with E-state index in [1.54, 1.807) is 0 Å². The molecule has 0 heterocycles. The van der Waals surface area contributed by atoms with E-state index in [-0.39, 0.29) is 11.9 Å². The molecule has 0 fully saturated rings. The van der Waals surface area contributed by atoms with Crippen molar-refractivity contribution in [3.05, 3.63) is 35.9 Å². The van der Waals surface area contributed by atoms with Crippen LogP contribution in [0, 0.1) is 0 Å². The van der Waals surface area contributed by atoms with Gasteiger partial charge in [-0.25, -0.2) is 0 Å². The standard InChI is InChI=1S/C15H24N2O/c1-4-13(3)17(15(18)11-16-5-2)12-14-9-7-6-8-10-14/h6-10,13,16H,4-5,11-12H2,1-3H3. The Morgan fingerprint density at radius 1 is 1.28 bits per heavy atom. The van der Waals surface area contributed by atoms with E-state index in [0.29, 0.717) is 13.1 Å². The van der Waals surface area contributed by atoms with Gasteiger partial charge in [-0.1, -0.05) is 44.2 Å². The molecule has 0 saturated heterocycles. The predicted molar refractivity (Wildman–Crippen MR) is 75.3 cm³/mol. The average Bonchev–Trinajstić information content (AvgIpc) is 2.42. The molecule has 1 unspecified atom stereocenters. The normalized spacial score (nSPS) is 12.2. The molecule has 0 aliphatic rings. The predicted octanol–water partition coefficient (Wildman–Crippen LogP) is 2.42. The largest absolute Gasteiger partial charge is 0.335 e. The van der Waals surface area contributed by atoms with Crippen molar-refractivity contribution in [1.29, 1.82) is 0 Å². The summed E-state index contributed by atoms with van der Waals surface area (Å²) in [5, 5.41) is 3.10. The van der Waals surface area contributed by atoms with Gasteiger partial charge in [0.1, 0.15) is 0 Å². The zero-order chi connectivity index (χ0) is 13.4. The summed E-state index contributed by atoms with van der Waals surface area (Å²) in [6.07, 6.45) is 0.977. The van der Waals surface area contributed by atoms with Crippen LogP contribution in [-0.4, -0.2) is 29.9 Å². The van der Waals surface area contributed by atoms with Crippen molar-refractivity contribution in [3.8, 4) is 0 Å². The van der Waals surface area contributed by atoms with E-state index in [1.165, 1.54) is 5.56 Å². The van der Waals surface area contributed by atoms with Crippen LogP contribution in [0.15, 0.2) is 30.3 Å². The topological polar surface area (TPSA) is 32.3 Å². The van der Waals surface area contributed by atoms with E-state index < -0.39 is 0 Å². The first-order chi connectivity index (χ1) is 8.69. The molecule has 1 aromatic rings. The highest BCUT2D eigenvalue weighted by Gasteiger charge is 2.18. The summed E-state index contributed by atoms with van der Waals surface area (Å²) in [5.74, 6) is 0.176. The van der Waals surface area contributed by atoms with Gasteiger partial charge >= 0.3 is 0 Å². The lowest BCUT2D eigenvalue weighted by Gasteiger charge is -2.29. The lowest BCUT2D eigenvalue weighted by molar-refractivity contribution is -0.133. The molecule has 0 bridgehead atoms. The Kier molecular flexibility index (Phi) is 6.44. The van der Waals surface area contributed by atoms with Gasteiger partial charge in [0.2, 0.25) is 5.91 Å². The van der Waals surface area contributed by atoms with Crippen LogP contribution in [0.25, 0.3) is 0 Å². The number of carbonyl (C=O) groups excluding carboxylic acids is 1. The summed E-state index contributed by atoms with van der Waals surface area (Å²) in [6.45, 7) is 8.17. The second kappa shape index (κ2) is 7.88. The maximum absolute atomic E-state index is 12.2. The van der Waals surface area contributed by atoms with E-state index in [2.05, 4.69) is 31.3 Å². The maximum atomic E-state index is 12.2. The number of nitrogens with zero attached hydrogens (tertiary/aromatic N) is 1. The molecule has 0 aliphatic heterocycles.